The Morgan fingerprint density at radius 3 is 2.32 bits per heavy atom. The number of ether oxygens (including phenoxy) is 1. The minimum atomic E-state index is -3.68. The second-order valence-electron chi connectivity index (χ2n) is 11.5. The summed E-state index contributed by atoms with van der Waals surface area (Å²) in [6, 6.07) is 16.3. The lowest BCUT2D eigenvalue weighted by molar-refractivity contribution is 0.0240. The van der Waals surface area contributed by atoms with Crippen LogP contribution in [-0.4, -0.2) is 66.9 Å². The number of benzene rings is 2. The van der Waals surface area contributed by atoms with Gasteiger partial charge in [-0.2, -0.15) is 0 Å². The fraction of sp³-hybridized carbons (Fsp3) is 0.344. The molecule has 0 bridgehead atoms. The number of nitrogens with zero attached hydrogens (tertiary/aromatic N) is 4. The lowest BCUT2D eigenvalue weighted by Gasteiger charge is -2.36. The molecule has 1 amide bonds. The molecule has 44 heavy (non-hydrogen) atoms. The molecule has 4 aromatic rings. The molecule has 5 rings (SSSR count). The Bertz CT molecular complexity index is 1710. The molecule has 1 aliphatic heterocycles. The fourth-order valence-corrected chi connectivity index (χ4v) is 7.12. The Morgan fingerprint density at radius 2 is 1.68 bits per heavy atom. The Hall–Kier alpha value is -4.03. The first-order valence-corrected chi connectivity index (χ1v) is 16.9. The molecule has 0 saturated carbocycles. The van der Waals surface area contributed by atoms with Gasteiger partial charge in [0, 0.05) is 55.4 Å². The molecule has 232 valence electrons. The highest BCUT2D eigenvalue weighted by molar-refractivity contribution is 7.92. The molecule has 9 nitrogen and oxygen atoms in total. The number of hydrogen-bond donors (Lipinski definition) is 1. The molecular weight excluding hydrogens is 602 g/mol. The van der Waals surface area contributed by atoms with Gasteiger partial charge in [0.05, 0.1) is 22.0 Å². The summed E-state index contributed by atoms with van der Waals surface area (Å²) < 4.78 is 48.5. The average Bonchev–Trinajstić information content (AvgIpc) is 3.43. The number of halogens is 1. The van der Waals surface area contributed by atoms with Crippen molar-refractivity contribution in [2.24, 2.45) is 0 Å². The molecule has 1 N–H and O–H groups in total. The van der Waals surface area contributed by atoms with Crippen LogP contribution < -0.4 is 9.62 Å². The summed E-state index contributed by atoms with van der Waals surface area (Å²) in [5, 5.41) is 0.699. The van der Waals surface area contributed by atoms with Crippen LogP contribution in [0.3, 0.4) is 0 Å². The van der Waals surface area contributed by atoms with Crippen LogP contribution in [-0.2, 0) is 14.8 Å². The zero-order valence-electron chi connectivity index (χ0n) is 25.2. The Balaban J connectivity index is 1.41. The van der Waals surface area contributed by atoms with E-state index in [0.29, 0.717) is 43.3 Å². The molecule has 1 saturated heterocycles. The highest BCUT2D eigenvalue weighted by Gasteiger charge is 2.26. The van der Waals surface area contributed by atoms with Crippen molar-refractivity contribution in [2.75, 3.05) is 41.6 Å². The quantitative estimate of drug-likeness (QED) is 0.224. The SMILES string of the molecule is CCCS(=O)(=O)Nc1cccc(-c2nc(-c3ccc(N4CCN(C(=O)OC(C)(C)C)CC4)cc3)sc2-c2ccncc2)c1F. The fourth-order valence-electron chi connectivity index (χ4n) is 4.89. The van der Waals surface area contributed by atoms with E-state index >= 15 is 4.39 Å². The minimum Gasteiger partial charge on any atom is -0.444 e. The molecule has 12 heteroatoms. The van der Waals surface area contributed by atoms with E-state index in [2.05, 4.69) is 14.6 Å². The van der Waals surface area contributed by atoms with Crippen LogP contribution in [0, 0.1) is 5.82 Å². The highest BCUT2D eigenvalue weighted by Crippen LogP contribution is 2.42. The van der Waals surface area contributed by atoms with Crippen LogP contribution in [0.4, 0.5) is 20.6 Å². The number of anilines is 2. The van der Waals surface area contributed by atoms with Gasteiger partial charge in [-0.25, -0.2) is 22.6 Å². The van der Waals surface area contributed by atoms with Crippen molar-refractivity contribution in [3.8, 4) is 32.3 Å². The van der Waals surface area contributed by atoms with E-state index in [4.69, 9.17) is 9.72 Å². The molecule has 0 spiro atoms. The molecule has 3 heterocycles. The lowest BCUT2D eigenvalue weighted by Crippen LogP contribution is -2.50. The molecule has 0 radical (unpaired) electrons. The third-order valence-electron chi connectivity index (χ3n) is 6.97. The second kappa shape index (κ2) is 12.9. The number of piperazine rings is 1. The molecule has 2 aromatic carbocycles. The minimum absolute atomic E-state index is 0.102. The largest absolute Gasteiger partial charge is 0.444 e. The number of thiazole rings is 1. The second-order valence-corrected chi connectivity index (χ2v) is 14.4. The van der Waals surface area contributed by atoms with Gasteiger partial charge in [-0.3, -0.25) is 9.71 Å². The van der Waals surface area contributed by atoms with E-state index in [0.717, 1.165) is 21.7 Å². The van der Waals surface area contributed by atoms with E-state index < -0.39 is 21.4 Å². The first-order chi connectivity index (χ1) is 20.9. The number of pyridine rings is 1. The Kier molecular flexibility index (Phi) is 9.21. The molecule has 2 aromatic heterocycles. The summed E-state index contributed by atoms with van der Waals surface area (Å²) >= 11 is 1.43. The molecule has 0 aliphatic carbocycles. The number of amides is 1. The molecule has 0 unspecified atom stereocenters. The van der Waals surface area contributed by atoms with Crippen molar-refractivity contribution in [1.82, 2.24) is 14.9 Å². The Morgan fingerprint density at radius 1 is 1.00 bits per heavy atom. The van der Waals surface area contributed by atoms with Crippen molar-refractivity contribution in [2.45, 2.75) is 39.7 Å². The third kappa shape index (κ3) is 7.36. The summed E-state index contributed by atoms with van der Waals surface area (Å²) in [6.45, 7) is 9.85. The third-order valence-corrected chi connectivity index (χ3v) is 9.60. The van der Waals surface area contributed by atoms with Crippen LogP contribution in [0.1, 0.15) is 34.1 Å². The molecule has 1 aliphatic rings. The van der Waals surface area contributed by atoms with E-state index in [-0.39, 0.29) is 23.1 Å². The topological polar surface area (TPSA) is 105 Å². The van der Waals surface area contributed by atoms with Gasteiger partial charge in [0.2, 0.25) is 10.0 Å². The standard InChI is InChI=1S/C32H36FN5O4S2/c1-5-21-44(40,41)36-26-8-6-7-25(27(26)33)28-29(22-13-15-34-16-14-22)43-30(35-28)23-9-11-24(12-10-23)37-17-19-38(20-18-37)31(39)42-32(2,3)4/h6-16,36H,5,17-21H2,1-4H3. The predicted octanol–water partition coefficient (Wildman–Crippen LogP) is 6.89. The van der Waals surface area contributed by atoms with Crippen molar-refractivity contribution in [1.29, 1.82) is 0 Å². The summed E-state index contributed by atoms with van der Waals surface area (Å²) in [5.41, 5.74) is 2.72. The maximum Gasteiger partial charge on any atom is 0.410 e. The summed E-state index contributed by atoms with van der Waals surface area (Å²) in [5.74, 6) is -0.782. The van der Waals surface area contributed by atoms with Gasteiger partial charge in [-0.05, 0) is 81.3 Å². The lowest BCUT2D eigenvalue weighted by atomic mass is 10.1. The number of aromatic nitrogens is 2. The predicted molar refractivity (Wildman–Crippen MR) is 174 cm³/mol. The van der Waals surface area contributed by atoms with Crippen molar-refractivity contribution in [3.63, 3.8) is 0 Å². The first-order valence-electron chi connectivity index (χ1n) is 14.5. The normalized spacial score (nSPS) is 14.0. The van der Waals surface area contributed by atoms with Gasteiger partial charge in [0.1, 0.15) is 10.6 Å². The van der Waals surface area contributed by atoms with Crippen LogP contribution in [0.25, 0.3) is 32.3 Å². The van der Waals surface area contributed by atoms with E-state index in [1.165, 1.54) is 17.4 Å². The van der Waals surface area contributed by atoms with Crippen molar-refractivity contribution < 1.29 is 22.3 Å². The average molecular weight is 638 g/mol. The van der Waals surface area contributed by atoms with Gasteiger partial charge in [-0.15, -0.1) is 11.3 Å². The Labute approximate surface area is 261 Å². The van der Waals surface area contributed by atoms with Crippen LogP contribution in [0.5, 0.6) is 0 Å². The first kappa shape index (κ1) is 31.4. The maximum atomic E-state index is 15.8. The van der Waals surface area contributed by atoms with Gasteiger partial charge < -0.3 is 14.5 Å². The number of carbonyl (C=O) groups excluding carboxylic acids is 1. The molecule has 0 atom stereocenters. The van der Waals surface area contributed by atoms with Crippen LogP contribution in [0.2, 0.25) is 0 Å². The van der Waals surface area contributed by atoms with E-state index in [1.807, 2.05) is 57.2 Å². The van der Waals surface area contributed by atoms with Crippen LogP contribution >= 0.6 is 11.3 Å². The number of nitrogens with one attached hydrogen (secondary N) is 1. The smallest absolute Gasteiger partial charge is 0.410 e. The number of carbonyl (C=O) groups is 1. The summed E-state index contributed by atoms with van der Waals surface area (Å²) in [4.78, 5) is 26.1. The zero-order chi connectivity index (χ0) is 31.5. The zero-order valence-corrected chi connectivity index (χ0v) is 26.8. The van der Waals surface area contributed by atoms with Crippen molar-refractivity contribution >= 4 is 38.8 Å². The summed E-state index contributed by atoms with van der Waals surface area (Å²) in [6.07, 6.45) is 3.46. The van der Waals surface area contributed by atoms with Crippen molar-refractivity contribution in [3.05, 3.63) is 72.8 Å². The number of hydrogen-bond acceptors (Lipinski definition) is 8. The summed E-state index contributed by atoms with van der Waals surface area (Å²) in [7, 11) is -3.68. The van der Waals surface area contributed by atoms with Crippen LogP contribution in [0.15, 0.2) is 67.0 Å². The van der Waals surface area contributed by atoms with E-state index in [1.54, 1.807) is 36.4 Å². The van der Waals surface area contributed by atoms with Gasteiger partial charge >= 0.3 is 6.09 Å². The van der Waals surface area contributed by atoms with E-state index in [9.17, 15) is 13.2 Å². The van der Waals surface area contributed by atoms with Gasteiger partial charge in [-0.1, -0.05) is 13.0 Å². The number of sulfonamides is 1. The maximum absolute atomic E-state index is 15.8. The van der Waals surface area contributed by atoms with Gasteiger partial charge in [0.25, 0.3) is 0 Å². The molecule has 1 fully saturated rings. The number of rotatable bonds is 8. The highest BCUT2D eigenvalue weighted by atomic mass is 32.2. The monoisotopic (exact) mass is 637 g/mol. The van der Waals surface area contributed by atoms with Gasteiger partial charge in [0.15, 0.2) is 5.82 Å². The molecular formula is C32H36FN5O4S2.